The van der Waals surface area contributed by atoms with Gasteiger partial charge in [0, 0.05) is 32.1 Å². The van der Waals surface area contributed by atoms with Crippen molar-refractivity contribution in [1.82, 2.24) is 15.5 Å². The topological polar surface area (TPSA) is 66.0 Å². The van der Waals surface area contributed by atoms with Crippen LogP contribution in [0.1, 0.15) is 20.3 Å². The number of carbonyl (C=O) groups excluding carboxylic acids is 1. The average Bonchev–Trinajstić information content (AvgIpc) is 3.06. The highest BCUT2D eigenvalue weighted by molar-refractivity contribution is 14.0. The number of nitrogens with zero attached hydrogens (tertiary/aromatic N) is 2. The molecule has 1 aromatic carbocycles. The Balaban J connectivity index is 0.00000312. The molecule has 1 unspecified atom stereocenters. The summed E-state index contributed by atoms with van der Waals surface area (Å²) >= 11 is 0. The van der Waals surface area contributed by atoms with Crippen molar-refractivity contribution in [3.05, 3.63) is 30.3 Å². The van der Waals surface area contributed by atoms with Crippen molar-refractivity contribution < 1.29 is 9.53 Å². The van der Waals surface area contributed by atoms with Crippen molar-refractivity contribution in [2.45, 2.75) is 26.3 Å². The number of benzene rings is 1. The number of halogens is 1. The SMILES string of the molecule is CN=C(NCCOc1ccccc1)NC1CCN(C(=O)C(C)C)C1.I. The van der Waals surface area contributed by atoms with Gasteiger partial charge in [-0.05, 0) is 18.6 Å². The summed E-state index contributed by atoms with van der Waals surface area (Å²) in [6.07, 6.45) is 0.944. The van der Waals surface area contributed by atoms with Crippen molar-refractivity contribution in [2.75, 3.05) is 33.3 Å². The van der Waals surface area contributed by atoms with Gasteiger partial charge in [0.25, 0.3) is 0 Å². The molecule has 1 aliphatic heterocycles. The van der Waals surface area contributed by atoms with Gasteiger partial charge in [-0.15, -0.1) is 24.0 Å². The first-order valence-electron chi connectivity index (χ1n) is 8.54. The van der Waals surface area contributed by atoms with Crippen molar-refractivity contribution in [3.63, 3.8) is 0 Å². The number of aliphatic imine (C=N–C) groups is 1. The fourth-order valence-electron chi connectivity index (χ4n) is 2.69. The molecule has 1 fully saturated rings. The minimum Gasteiger partial charge on any atom is -0.492 e. The van der Waals surface area contributed by atoms with Crippen LogP contribution < -0.4 is 15.4 Å². The normalized spacial score (nSPS) is 17.2. The molecule has 1 atom stereocenters. The van der Waals surface area contributed by atoms with Crippen LogP contribution in [-0.2, 0) is 4.79 Å². The van der Waals surface area contributed by atoms with Crippen LogP contribution in [0.15, 0.2) is 35.3 Å². The lowest BCUT2D eigenvalue weighted by molar-refractivity contribution is -0.133. The summed E-state index contributed by atoms with van der Waals surface area (Å²) in [6.45, 7) is 6.65. The van der Waals surface area contributed by atoms with Gasteiger partial charge >= 0.3 is 0 Å². The molecule has 0 bridgehead atoms. The molecule has 1 saturated heterocycles. The van der Waals surface area contributed by atoms with E-state index in [0.29, 0.717) is 13.2 Å². The lowest BCUT2D eigenvalue weighted by Gasteiger charge is -2.20. The maximum atomic E-state index is 12.0. The second-order valence-electron chi connectivity index (χ2n) is 6.23. The molecule has 1 aliphatic rings. The Morgan fingerprint density at radius 3 is 2.72 bits per heavy atom. The second-order valence-corrected chi connectivity index (χ2v) is 6.23. The largest absolute Gasteiger partial charge is 0.492 e. The van der Waals surface area contributed by atoms with E-state index in [2.05, 4.69) is 15.6 Å². The number of nitrogens with one attached hydrogen (secondary N) is 2. The standard InChI is InChI=1S/C18H28N4O2.HI/c1-14(2)17(23)22-11-9-15(13-22)21-18(19-3)20-10-12-24-16-7-5-4-6-8-16;/h4-8,14-15H,9-13H2,1-3H3,(H2,19,20,21);1H. The van der Waals surface area contributed by atoms with Crippen LogP contribution in [0.4, 0.5) is 0 Å². The Kier molecular flexibility index (Phi) is 9.62. The fourth-order valence-corrected chi connectivity index (χ4v) is 2.69. The molecule has 140 valence electrons. The molecule has 0 radical (unpaired) electrons. The Hall–Kier alpha value is -1.51. The van der Waals surface area contributed by atoms with E-state index in [1.165, 1.54) is 0 Å². The van der Waals surface area contributed by atoms with Crippen molar-refractivity contribution in [1.29, 1.82) is 0 Å². The summed E-state index contributed by atoms with van der Waals surface area (Å²) in [5.74, 6) is 1.88. The van der Waals surface area contributed by atoms with E-state index >= 15 is 0 Å². The van der Waals surface area contributed by atoms with Crippen LogP contribution in [0, 0.1) is 5.92 Å². The number of guanidine groups is 1. The van der Waals surface area contributed by atoms with Gasteiger partial charge in [0.2, 0.25) is 5.91 Å². The van der Waals surface area contributed by atoms with Gasteiger partial charge in [-0.1, -0.05) is 32.0 Å². The van der Waals surface area contributed by atoms with Gasteiger partial charge in [0.15, 0.2) is 5.96 Å². The summed E-state index contributed by atoms with van der Waals surface area (Å²) in [7, 11) is 1.75. The molecule has 0 spiro atoms. The molecule has 1 aromatic rings. The van der Waals surface area contributed by atoms with E-state index in [4.69, 9.17) is 4.74 Å². The third kappa shape index (κ3) is 7.09. The van der Waals surface area contributed by atoms with E-state index in [1.807, 2.05) is 49.1 Å². The zero-order valence-corrected chi connectivity index (χ0v) is 17.5. The van der Waals surface area contributed by atoms with Gasteiger partial charge in [0.1, 0.15) is 12.4 Å². The smallest absolute Gasteiger partial charge is 0.225 e. The molecule has 0 aliphatic carbocycles. The Bertz CT molecular complexity index is 551. The van der Waals surface area contributed by atoms with Crippen molar-refractivity contribution >= 4 is 35.8 Å². The number of carbonyl (C=O) groups is 1. The Morgan fingerprint density at radius 2 is 2.08 bits per heavy atom. The van der Waals surface area contributed by atoms with Crippen molar-refractivity contribution in [2.24, 2.45) is 10.9 Å². The summed E-state index contributed by atoms with van der Waals surface area (Å²) < 4.78 is 5.65. The van der Waals surface area contributed by atoms with Crippen LogP contribution >= 0.6 is 24.0 Å². The van der Waals surface area contributed by atoms with E-state index in [-0.39, 0.29) is 41.8 Å². The summed E-state index contributed by atoms with van der Waals surface area (Å²) in [5, 5.41) is 6.62. The van der Waals surface area contributed by atoms with Gasteiger partial charge in [0.05, 0.1) is 6.54 Å². The minimum atomic E-state index is 0. The Labute approximate surface area is 167 Å². The minimum absolute atomic E-state index is 0. The molecule has 0 aromatic heterocycles. The number of rotatable bonds is 6. The lowest BCUT2D eigenvalue weighted by Crippen LogP contribution is -2.46. The third-order valence-electron chi connectivity index (χ3n) is 3.96. The van der Waals surface area contributed by atoms with Gasteiger partial charge in [-0.2, -0.15) is 0 Å². The molecule has 2 rings (SSSR count). The van der Waals surface area contributed by atoms with E-state index in [0.717, 1.165) is 31.2 Å². The van der Waals surface area contributed by atoms with E-state index in [1.54, 1.807) is 7.05 Å². The number of hydrogen-bond donors (Lipinski definition) is 2. The first kappa shape index (κ1) is 21.5. The van der Waals surface area contributed by atoms with Gasteiger partial charge in [-0.3, -0.25) is 9.79 Å². The fraction of sp³-hybridized carbons (Fsp3) is 0.556. The highest BCUT2D eigenvalue weighted by atomic mass is 127. The molecular weight excluding hydrogens is 431 g/mol. The predicted molar refractivity (Wildman–Crippen MR) is 112 cm³/mol. The molecule has 7 heteroatoms. The summed E-state index contributed by atoms with van der Waals surface area (Å²) in [6, 6.07) is 9.99. The molecule has 1 heterocycles. The van der Waals surface area contributed by atoms with Gasteiger partial charge in [-0.25, -0.2) is 0 Å². The molecule has 1 amide bonds. The molecule has 0 saturated carbocycles. The van der Waals surface area contributed by atoms with Crippen LogP contribution in [0.25, 0.3) is 0 Å². The molecule has 2 N–H and O–H groups in total. The number of amides is 1. The molecule has 25 heavy (non-hydrogen) atoms. The summed E-state index contributed by atoms with van der Waals surface area (Å²) in [4.78, 5) is 18.2. The van der Waals surface area contributed by atoms with E-state index < -0.39 is 0 Å². The van der Waals surface area contributed by atoms with Crippen LogP contribution in [0.5, 0.6) is 5.75 Å². The van der Waals surface area contributed by atoms with Gasteiger partial charge < -0.3 is 20.3 Å². The highest BCUT2D eigenvalue weighted by Crippen LogP contribution is 2.12. The average molecular weight is 460 g/mol. The van der Waals surface area contributed by atoms with Crippen LogP contribution in [-0.4, -0.2) is 56.1 Å². The Morgan fingerprint density at radius 1 is 1.36 bits per heavy atom. The zero-order valence-electron chi connectivity index (χ0n) is 15.2. The van der Waals surface area contributed by atoms with Crippen molar-refractivity contribution in [3.8, 4) is 5.75 Å². The highest BCUT2D eigenvalue weighted by Gasteiger charge is 2.27. The first-order chi connectivity index (χ1) is 11.6. The monoisotopic (exact) mass is 460 g/mol. The number of para-hydroxylation sites is 1. The van der Waals surface area contributed by atoms with E-state index in [9.17, 15) is 4.79 Å². The maximum absolute atomic E-state index is 12.0. The summed E-state index contributed by atoms with van der Waals surface area (Å²) in [5.41, 5.74) is 0. The number of ether oxygens (including phenoxy) is 1. The predicted octanol–water partition coefficient (Wildman–Crippen LogP) is 2.11. The first-order valence-corrected chi connectivity index (χ1v) is 8.54. The maximum Gasteiger partial charge on any atom is 0.225 e. The lowest BCUT2D eigenvalue weighted by atomic mass is 10.2. The number of likely N-dealkylation sites (tertiary alicyclic amines) is 1. The quantitative estimate of drug-likeness (QED) is 0.296. The second kappa shape index (κ2) is 11.2. The van der Waals surface area contributed by atoms with Crippen LogP contribution in [0.2, 0.25) is 0 Å². The van der Waals surface area contributed by atoms with Crippen LogP contribution in [0.3, 0.4) is 0 Å². The molecule has 6 nitrogen and oxygen atoms in total. The zero-order chi connectivity index (χ0) is 17.4. The number of hydrogen-bond acceptors (Lipinski definition) is 3. The molecular formula is C18H29IN4O2. The third-order valence-corrected chi connectivity index (χ3v) is 3.96.